The number of thiazole rings is 1. The monoisotopic (exact) mass is 378 g/mol. The number of rotatable bonds is 4. The predicted molar refractivity (Wildman–Crippen MR) is 99.7 cm³/mol. The smallest absolute Gasteiger partial charge is 0.277 e. The number of nitrogens with zero attached hydrogens (tertiary/aromatic N) is 7. The van der Waals surface area contributed by atoms with Crippen LogP contribution in [0.1, 0.15) is 21.6 Å². The Hall–Kier alpha value is -3.53. The highest BCUT2D eigenvalue weighted by molar-refractivity contribution is 7.14. The predicted octanol–water partition coefficient (Wildman–Crippen LogP) is 2.44. The zero-order chi connectivity index (χ0) is 18.8. The molecule has 4 rings (SSSR count). The van der Waals surface area contributed by atoms with Gasteiger partial charge in [0.1, 0.15) is 12.0 Å². The largest absolute Gasteiger partial charge is 0.296 e. The summed E-state index contributed by atoms with van der Waals surface area (Å²) in [5.74, 6) is 0.0699. The van der Waals surface area contributed by atoms with Crippen molar-refractivity contribution in [3.05, 3.63) is 59.3 Å². The summed E-state index contributed by atoms with van der Waals surface area (Å²) in [6.07, 6.45) is 6.07. The van der Waals surface area contributed by atoms with Crippen molar-refractivity contribution in [3.63, 3.8) is 0 Å². The molecule has 9 nitrogen and oxygen atoms in total. The van der Waals surface area contributed by atoms with E-state index in [2.05, 4.69) is 35.6 Å². The van der Waals surface area contributed by atoms with Crippen molar-refractivity contribution in [2.75, 3.05) is 5.32 Å². The highest BCUT2D eigenvalue weighted by Gasteiger charge is 2.18. The van der Waals surface area contributed by atoms with Crippen molar-refractivity contribution >= 4 is 22.4 Å². The lowest BCUT2D eigenvalue weighted by molar-refractivity contribution is 0.101. The van der Waals surface area contributed by atoms with E-state index in [1.165, 1.54) is 28.5 Å². The Morgan fingerprint density at radius 1 is 1.19 bits per heavy atom. The molecule has 0 radical (unpaired) electrons. The van der Waals surface area contributed by atoms with Crippen LogP contribution < -0.4 is 5.32 Å². The van der Waals surface area contributed by atoms with Gasteiger partial charge in [-0.3, -0.25) is 15.1 Å². The van der Waals surface area contributed by atoms with Gasteiger partial charge >= 0.3 is 0 Å². The minimum Gasteiger partial charge on any atom is -0.296 e. The fourth-order valence-electron chi connectivity index (χ4n) is 2.46. The number of aryl methyl sites for hydroxylation is 1. The standard InChI is InChI=1S/C17H14N8OS/c1-10-3-6-19-15(11(10)2)12-8-27-17(22-12)23-16(26)13-7-21-24-25(13)14-4-5-18-9-20-14/h3-9H,1-2H3,(H,22,23,26). The molecule has 0 aromatic carbocycles. The van der Waals surface area contributed by atoms with Gasteiger partial charge in [-0.2, -0.15) is 4.68 Å². The van der Waals surface area contributed by atoms with E-state index in [-0.39, 0.29) is 11.6 Å². The topological polar surface area (TPSA) is 111 Å². The molecular weight excluding hydrogens is 364 g/mol. The molecule has 4 heterocycles. The Bertz CT molecular complexity index is 1110. The van der Waals surface area contributed by atoms with Crippen LogP contribution in [-0.4, -0.2) is 40.8 Å². The van der Waals surface area contributed by atoms with Crippen LogP contribution in [0.4, 0.5) is 5.13 Å². The van der Waals surface area contributed by atoms with Crippen molar-refractivity contribution in [1.29, 1.82) is 0 Å². The summed E-state index contributed by atoms with van der Waals surface area (Å²) in [5, 5.41) is 12.8. The number of carbonyl (C=O) groups excluding carboxylic acids is 1. The first-order chi connectivity index (χ1) is 13.1. The number of pyridine rings is 1. The molecule has 0 aliphatic carbocycles. The van der Waals surface area contributed by atoms with Crippen LogP contribution >= 0.6 is 11.3 Å². The Labute approximate surface area is 158 Å². The number of nitrogens with one attached hydrogen (secondary N) is 1. The van der Waals surface area contributed by atoms with Crippen LogP contribution in [0.2, 0.25) is 0 Å². The Morgan fingerprint density at radius 2 is 2.07 bits per heavy atom. The zero-order valence-electron chi connectivity index (χ0n) is 14.5. The SMILES string of the molecule is Cc1ccnc(-c2csc(NC(=O)c3cnnn3-c3ccncn3)n2)c1C. The number of anilines is 1. The maximum Gasteiger partial charge on any atom is 0.277 e. The fourth-order valence-corrected chi connectivity index (χ4v) is 3.15. The van der Waals surface area contributed by atoms with Crippen LogP contribution in [-0.2, 0) is 0 Å². The fraction of sp³-hybridized carbons (Fsp3) is 0.118. The Morgan fingerprint density at radius 3 is 2.89 bits per heavy atom. The normalized spacial score (nSPS) is 10.7. The molecule has 0 aliphatic rings. The number of carbonyl (C=O) groups is 1. The van der Waals surface area contributed by atoms with Crippen LogP contribution in [0.5, 0.6) is 0 Å². The molecule has 134 valence electrons. The first kappa shape index (κ1) is 16.9. The van der Waals surface area contributed by atoms with E-state index in [0.717, 1.165) is 22.5 Å². The summed E-state index contributed by atoms with van der Waals surface area (Å²) >= 11 is 1.33. The van der Waals surface area contributed by atoms with Gasteiger partial charge in [-0.05, 0) is 31.0 Å². The van der Waals surface area contributed by atoms with E-state index in [4.69, 9.17) is 0 Å². The maximum absolute atomic E-state index is 12.6. The molecule has 4 aromatic rings. The second kappa shape index (κ2) is 7.00. The Kier molecular flexibility index (Phi) is 4.38. The molecule has 27 heavy (non-hydrogen) atoms. The van der Waals surface area contributed by atoms with Crippen LogP contribution in [0.25, 0.3) is 17.2 Å². The molecule has 0 fully saturated rings. The first-order valence-corrected chi connectivity index (χ1v) is 8.88. The second-order valence-electron chi connectivity index (χ2n) is 5.69. The molecular formula is C17H14N8OS. The molecule has 0 atom stereocenters. The van der Waals surface area contributed by atoms with E-state index in [1.807, 2.05) is 25.3 Å². The molecule has 0 saturated carbocycles. The highest BCUT2D eigenvalue weighted by Crippen LogP contribution is 2.27. The van der Waals surface area contributed by atoms with Gasteiger partial charge in [-0.25, -0.2) is 15.0 Å². The summed E-state index contributed by atoms with van der Waals surface area (Å²) < 4.78 is 1.35. The number of aromatic nitrogens is 7. The highest BCUT2D eigenvalue weighted by atomic mass is 32.1. The average molecular weight is 378 g/mol. The van der Waals surface area contributed by atoms with Gasteiger partial charge in [0, 0.05) is 23.8 Å². The van der Waals surface area contributed by atoms with E-state index in [0.29, 0.717) is 10.9 Å². The molecule has 0 aliphatic heterocycles. The van der Waals surface area contributed by atoms with Gasteiger partial charge in [0.25, 0.3) is 5.91 Å². The quantitative estimate of drug-likeness (QED) is 0.580. The molecule has 0 bridgehead atoms. The number of hydrogen-bond acceptors (Lipinski definition) is 8. The van der Waals surface area contributed by atoms with Crippen molar-refractivity contribution in [2.45, 2.75) is 13.8 Å². The lowest BCUT2D eigenvalue weighted by Crippen LogP contribution is -2.17. The zero-order valence-corrected chi connectivity index (χ0v) is 15.3. The average Bonchev–Trinajstić information content (AvgIpc) is 3.34. The third-order valence-corrected chi connectivity index (χ3v) is 4.77. The van der Waals surface area contributed by atoms with E-state index < -0.39 is 0 Å². The third kappa shape index (κ3) is 3.29. The molecule has 10 heteroatoms. The van der Waals surface area contributed by atoms with E-state index in [9.17, 15) is 4.79 Å². The van der Waals surface area contributed by atoms with Gasteiger partial charge in [-0.1, -0.05) is 5.21 Å². The Balaban J connectivity index is 1.58. The molecule has 4 aromatic heterocycles. The van der Waals surface area contributed by atoms with Gasteiger partial charge in [0.2, 0.25) is 0 Å². The summed E-state index contributed by atoms with van der Waals surface area (Å²) in [5.41, 5.74) is 3.97. The molecule has 1 N–H and O–H groups in total. The maximum atomic E-state index is 12.6. The molecule has 0 unspecified atom stereocenters. The number of amides is 1. The van der Waals surface area contributed by atoms with Crippen molar-refractivity contribution in [3.8, 4) is 17.2 Å². The molecule has 0 spiro atoms. The van der Waals surface area contributed by atoms with Gasteiger partial charge in [0.05, 0.1) is 11.9 Å². The first-order valence-electron chi connectivity index (χ1n) is 8.00. The van der Waals surface area contributed by atoms with Crippen molar-refractivity contribution < 1.29 is 4.79 Å². The van der Waals surface area contributed by atoms with Gasteiger partial charge in [-0.15, -0.1) is 16.4 Å². The van der Waals surface area contributed by atoms with Crippen LogP contribution in [0.3, 0.4) is 0 Å². The minimum atomic E-state index is -0.381. The van der Waals surface area contributed by atoms with Crippen LogP contribution in [0, 0.1) is 13.8 Å². The molecule has 0 saturated heterocycles. The minimum absolute atomic E-state index is 0.246. The second-order valence-corrected chi connectivity index (χ2v) is 6.55. The van der Waals surface area contributed by atoms with Crippen molar-refractivity contribution in [1.82, 2.24) is 34.9 Å². The molecule has 1 amide bonds. The van der Waals surface area contributed by atoms with Gasteiger partial charge < -0.3 is 0 Å². The summed E-state index contributed by atoms with van der Waals surface area (Å²) in [6, 6.07) is 3.59. The third-order valence-electron chi connectivity index (χ3n) is 4.01. The summed E-state index contributed by atoms with van der Waals surface area (Å²) in [4.78, 5) is 29.4. The lowest BCUT2D eigenvalue weighted by atomic mass is 10.1. The summed E-state index contributed by atoms with van der Waals surface area (Å²) in [7, 11) is 0. The lowest BCUT2D eigenvalue weighted by Gasteiger charge is -2.05. The summed E-state index contributed by atoms with van der Waals surface area (Å²) in [6.45, 7) is 4.03. The van der Waals surface area contributed by atoms with Crippen molar-refractivity contribution in [2.24, 2.45) is 0 Å². The number of hydrogen-bond donors (Lipinski definition) is 1. The van der Waals surface area contributed by atoms with Gasteiger partial charge in [0.15, 0.2) is 16.6 Å². The van der Waals surface area contributed by atoms with E-state index >= 15 is 0 Å². The van der Waals surface area contributed by atoms with Crippen LogP contribution in [0.15, 0.2) is 42.4 Å². The van der Waals surface area contributed by atoms with E-state index in [1.54, 1.807) is 18.5 Å².